The number of hydrogen-bond acceptors (Lipinski definition) is 3. The molecule has 0 spiro atoms. The van der Waals surface area contributed by atoms with Gasteiger partial charge in [-0.3, -0.25) is 4.90 Å². The molecule has 0 saturated carbocycles. The molecule has 0 unspecified atom stereocenters. The first-order valence-corrected chi connectivity index (χ1v) is 7.34. The van der Waals surface area contributed by atoms with E-state index in [-0.39, 0.29) is 0 Å². The summed E-state index contributed by atoms with van der Waals surface area (Å²) in [4.78, 5) is 2.23. The Balaban J connectivity index is 1.76. The van der Waals surface area contributed by atoms with Crippen LogP contribution in [0.1, 0.15) is 5.56 Å². The monoisotopic (exact) mass is 334 g/mol. The van der Waals surface area contributed by atoms with Gasteiger partial charge in [0.25, 0.3) is 0 Å². The van der Waals surface area contributed by atoms with E-state index in [9.17, 15) is 0 Å². The van der Waals surface area contributed by atoms with Crippen molar-refractivity contribution >= 4 is 21.6 Å². The molecule has 0 aliphatic carbocycles. The van der Waals surface area contributed by atoms with Crippen molar-refractivity contribution in [1.82, 2.24) is 4.90 Å². The fraction of sp³-hybridized carbons (Fsp3) is 0.250. The zero-order chi connectivity index (χ0) is 14.4. The summed E-state index contributed by atoms with van der Waals surface area (Å²) < 4.78 is 6.80. The summed E-state index contributed by atoms with van der Waals surface area (Å²) in [6.07, 6.45) is 0. The molecule has 2 rings (SSSR count). The van der Waals surface area contributed by atoms with Crippen LogP contribution in [-0.2, 0) is 6.54 Å². The third kappa shape index (κ3) is 4.87. The molecule has 2 N–H and O–H groups in total. The summed E-state index contributed by atoms with van der Waals surface area (Å²) in [6, 6.07) is 15.9. The lowest BCUT2D eigenvalue weighted by Crippen LogP contribution is -2.23. The molecule has 3 nitrogen and oxygen atoms in total. The second-order valence-electron chi connectivity index (χ2n) is 4.79. The molecular formula is C16H19BrN2O. The fourth-order valence-electron chi connectivity index (χ4n) is 1.95. The molecule has 0 heterocycles. The fourth-order valence-corrected chi connectivity index (χ4v) is 2.40. The molecule has 0 aliphatic heterocycles. The van der Waals surface area contributed by atoms with Crippen LogP contribution in [0.3, 0.4) is 0 Å². The molecule has 0 atom stereocenters. The molecular weight excluding hydrogens is 316 g/mol. The predicted molar refractivity (Wildman–Crippen MR) is 86.8 cm³/mol. The van der Waals surface area contributed by atoms with Crippen molar-refractivity contribution in [1.29, 1.82) is 0 Å². The number of ether oxygens (including phenoxy) is 1. The van der Waals surface area contributed by atoms with Gasteiger partial charge in [0.2, 0.25) is 0 Å². The molecule has 0 bridgehead atoms. The third-order valence-corrected chi connectivity index (χ3v) is 3.43. The van der Waals surface area contributed by atoms with Crippen molar-refractivity contribution in [3.63, 3.8) is 0 Å². The topological polar surface area (TPSA) is 38.5 Å². The number of benzene rings is 2. The quantitative estimate of drug-likeness (QED) is 0.821. The number of nitrogens with zero attached hydrogens (tertiary/aromatic N) is 1. The average Bonchev–Trinajstić information content (AvgIpc) is 2.38. The molecule has 0 saturated heterocycles. The summed E-state index contributed by atoms with van der Waals surface area (Å²) in [5, 5.41) is 0. The Kier molecular flexibility index (Phi) is 5.44. The van der Waals surface area contributed by atoms with Crippen LogP contribution in [0.5, 0.6) is 5.75 Å². The van der Waals surface area contributed by atoms with Gasteiger partial charge < -0.3 is 10.5 Å². The minimum Gasteiger partial charge on any atom is -0.492 e. The first kappa shape index (κ1) is 14.9. The Morgan fingerprint density at radius 1 is 1.15 bits per heavy atom. The molecule has 0 amide bonds. The minimum absolute atomic E-state index is 0.647. The molecule has 0 radical (unpaired) electrons. The highest BCUT2D eigenvalue weighted by Gasteiger charge is 2.02. The van der Waals surface area contributed by atoms with Crippen molar-refractivity contribution in [2.45, 2.75) is 6.54 Å². The third-order valence-electron chi connectivity index (χ3n) is 2.94. The maximum absolute atomic E-state index is 5.71. The van der Waals surface area contributed by atoms with E-state index in [1.165, 1.54) is 5.56 Å². The number of anilines is 1. The van der Waals surface area contributed by atoms with E-state index in [1.807, 2.05) is 30.3 Å². The van der Waals surface area contributed by atoms with Gasteiger partial charge in [0.05, 0.1) is 0 Å². The van der Waals surface area contributed by atoms with E-state index >= 15 is 0 Å². The zero-order valence-electron chi connectivity index (χ0n) is 11.6. The van der Waals surface area contributed by atoms with Crippen molar-refractivity contribution < 1.29 is 4.74 Å². The van der Waals surface area contributed by atoms with Gasteiger partial charge in [-0.05, 0) is 36.9 Å². The van der Waals surface area contributed by atoms with Crippen LogP contribution in [0.2, 0.25) is 0 Å². The van der Waals surface area contributed by atoms with E-state index in [0.29, 0.717) is 6.61 Å². The first-order valence-electron chi connectivity index (χ1n) is 6.55. The molecule has 2 aromatic carbocycles. The summed E-state index contributed by atoms with van der Waals surface area (Å²) in [5.41, 5.74) is 7.72. The molecule has 0 fully saturated rings. The molecule has 2 aromatic rings. The number of hydrogen-bond donors (Lipinski definition) is 1. The number of nitrogen functional groups attached to an aromatic ring is 1. The van der Waals surface area contributed by atoms with Crippen molar-refractivity contribution in [3.05, 3.63) is 58.6 Å². The van der Waals surface area contributed by atoms with Gasteiger partial charge in [-0.25, -0.2) is 0 Å². The Morgan fingerprint density at radius 2 is 1.95 bits per heavy atom. The van der Waals surface area contributed by atoms with Gasteiger partial charge in [0, 0.05) is 29.3 Å². The van der Waals surface area contributed by atoms with Crippen LogP contribution in [0, 0.1) is 0 Å². The lowest BCUT2D eigenvalue weighted by Gasteiger charge is -2.17. The molecule has 0 aromatic heterocycles. The van der Waals surface area contributed by atoms with E-state index < -0.39 is 0 Å². The van der Waals surface area contributed by atoms with Gasteiger partial charge in [-0.1, -0.05) is 34.1 Å². The highest BCUT2D eigenvalue weighted by molar-refractivity contribution is 9.10. The number of rotatable bonds is 6. The number of halogens is 1. The highest BCUT2D eigenvalue weighted by Crippen LogP contribution is 2.15. The molecule has 106 valence electrons. The van der Waals surface area contributed by atoms with Crippen LogP contribution in [0.15, 0.2) is 53.0 Å². The van der Waals surface area contributed by atoms with E-state index in [2.05, 4.69) is 46.1 Å². The van der Waals surface area contributed by atoms with Gasteiger partial charge in [-0.2, -0.15) is 0 Å². The zero-order valence-corrected chi connectivity index (χ0v) is 13.1. The number of likely N-dealkylation sites (N-methyl/N-ethyl adjacent to an activating group) is 1. The number of nitrogens with two attached hydrogens (primary N) is 1. The maximum Gasteiger partial charge on any atom is 0.121 e. The second kappa shape index (κ2) is 7.31. The highest BCUT2D eigenvalue weighted by atomic mass is 79.9. The predicted octanol–water partition coefficient (Wildman–Crippen LogP) is 3.54. The van der Waals surface area contributed by atoms with Gasteiger partial charge in [0.1, 0.15) is 12.4 Å². The Morgan fingerprint density at radius 3 is 2.70 bits per heavy atom. The Labute approximate surface area is 128 Å². The SMILES string of the molecule is CN(CCOc1cccc(N)c1)Cc1cccc(Br)c1. The summed E-state index contributed by atoms with van der Waals surface area (Å²) >= 11 is 3.49. The van der Waals surface area contributed by atoms with Crippen molar-refractivity contribution in [3.8, 4) is 5.75 Å². The van der Waals surface area contributed by atoms with Crippen molar-refractivity contribution in [2.75, 3.05) is 25.9 Å². The van der Waals surface area contributed by atoms with E-state index in [0.717, 1.165) is 29.0 Å². The summed E-state index contributed by atoms with van der Waals surface area (Å²) in [7, 11) is 2.09. The molecule has 20 heavy (non-hydrogen) atoms. The average molecular weight is 335 g/mol. The Hall–Kier alpha value is -1.52. The summed E-state index contributed by atoms with van der Waals surface area (Å²) in [5.74, 6) is 0.820. The molecule has 0 aliphatic rings. The van der Waals surface area contributed by atoms with Crippen LogP contribution < -0.4 is 10.5 Å². The van der Waals surface area contributed by atoms with Crippen molar-refractivity contribution in [2.24, 2.45) is 0 Å². The standard InChI is InChI=1S/C16H19BrN2O/c1-19(12-13-4-2-5-14(17)10-13)8-9-20-16-7-3-6-15(18)11-16/h2-7,10-11H,8-9,12,18H2,1H3. The second-order valence-corrected chi connectivity index (χ2v) is 5.70. The smallest absolute Gasteiger partial charge is 0.121 e. The first-order chi connectivity index (χ1) is 9.63. The Bertz CT molecular complexity index is 560. The van der Waals surface area contributed by atoms with Gasteiger partial charge in [0.15, 0.2) is 0 Å². The normalized spacial score (nSPS) is 10.8. The minimum atomic E-state index is 0.647. The largest absolute Gasteiger partial charge is 0.492 e. The van der Waals surface area contributed by atoms with Crippen LogP contribution >= 0.6 is 15.9 Å². The van der Waals surface area contributed by atoms with Crippen LogP contribution in [-0.4, -0.2) is 25.1 Å². The van der Waals surface area contributed by atoms with E-state index in [4.69, 9.17) is 10.5 Å². The van der Waals surface area contributed by atoms with Crippen LogP contribution in [0.4, 0.5) is 5.69 Å². The maximum atomic E-state index is 5.71. The lowest BCUT2D eigenvalue weighted by atomic mass is 10.2. The lowest BCUT2D eigenvalue weighted by molar-refractivity contribution is 0.233. The van der Waals surface area contributed by atoms with Gasteiger partial charge >= 0.3 is 0 Å². The van der Waals surface area contributed by atoms with E-state index in [1.54, 1.807) is 0 Å². The molecule has 4 heteroatoms. The summed E-state index contributed by atoms with van der Waals surface area (Å²) in [6.45, 7) is 2.41. The van der Waals surface area contributed by atoms with Crippen LogP contribution in [0.25, 0.3) is 0 Å². The van der Waals surface area contributed by atoms with Gasteiger partial charge in [-0.15, -0.1) is 0 Å².